The second kappa shape index (κ2) is 11.6. The van der Waals surface area contributed by atoms with Crippen LogP contribution in [0.1, 0.15) is 36.4 Å². The van der Waals surface area contributed by atoms with E-state index in [0.29, 0.717) is 24.8 Å². The van der Waals surface area contributed by atoms with Crippen LogP contribution in [0.3, 0.4) is 0 Å². The highest BCUT2D eigenvalue weighted by molar-refractivity contribution is 5.96. The zero-order valence-electron chi connectivity index (χ0n) is 17.7. The Kier molecular flexibility index (Phi) is 8.31. The minimum atomic E-state index is -0.980. The van der Waals surface area contributed by atoms with E-state index in [0.717, 1.165) is 12.0 Å². The second-order valence-corrected chi connectivity index (χ2v) is 7.71. The van der Waals surface area contributed by atoms with Crippen LogP contribution in [0, 0.1) is 5.92 Å². The first-order chi connectivity index (χ1) is 15.6. The van der Waals surface area contributed by atoms with Crippen LogP contribution < -0.4 is 16.0 Å². The molecule has 1 aliphatic rings. The van der Waals surface area contributed by atoms with Crippen molar-refractivity contribution in [1.29, 1.82) is 0 Å². The van der Waals surface area contributed by atoms with Crippen LogP contribution in [0.4, 0.5) is 0 Å². The Balaban J connectivity index is 1.69. The van der Waals surface area contributed by atoms with Crippen LogP contribution in [-0.4, -0.2) is 36.6 Å². The summed E-state index contributed by atoms with van der Waals surface area (Å²) in [6.45, 7) is 0.631. The van der Waals surface area contributed by atoms with Crippen molar-refractivity contribution in [3.8, 4) is 0 Å². The number of nitrogens with one attached hydrogen (secondary N) is 3. The molecule has 32 heavy (non-hydrogen) atoms. The maximum atomic E-state index is 13.0. The average Bonchev–Trinajstić information content (AvgIpc) is 2.83. The lowest BCUT2D eigenvalue weighted by atomic mass is 9.92. The van der Waals surface area contributed by atoms with Gasteiger partial charge in [0, 0.05) is 18.5 Å². The van der Waals surface area contributed by atoms with E-state index < -0.39 is 23.9 Å². The average molecular weight is 434 g/mol. The Bertz CT molecular complexity index is 960. The largest absolute Gasteiger partial charge is 0.356 e. The standard InChI is InChI=1S/C25H27N3O4/c29-17-21(16-20-12-7-15-26-24(20)31)27-25(32)23(19-10-5-2-6-11-19)28-22(30)14-13-18-8-3-1-4-9-18/h1-6,8-11,13-14,17,20-21,23H,7,12,15-16H2,(H,26,31)(H,27,32)(H,28,30)/t20-,21-,23-/m0/s1. The molecule has 3 atom stereocenters. The fraction of sp³-hybridized carbons (Fsp3) is 0.280. The van der Waals surface area contributed by atoms with Gasteiger partial charge in [-0.15, -0.1) is 0 Å². The van der Waals surface area contributed by atoms with E-state index in [9.17, 15) is 19.2 Å². The molecule has 1 fully saturated rings. The van der Waals surface area contributed by atoms with Crippen LogP contribution in [0.2, 0.25) is 0 Å². The summed E-state index contributed by atoms with van der Waals surface area (Å²) in [5.41, 5.74) is 1.45. The van der Waals surface area contributed by atoms with Gasteiger partial charge in [-0.1, -0.05) is 60.7 Å². The smallest absolute Gasteiger partial charge is 0.247 e. The van der Waals surface area contributed by atoms with Gasteiger partial charge in [-0.05, 0) is 36.5 Å². The van der Waals surface area contributed by atoms with Crippen molar-refractivity contribution < 1.29 is 19.2 Å². The molecule has 1 aliphatic heterocycles. The van der Waals surface area contributed by atoms with Gasteiger partial charge < -0.3 is 20.7 Å². The van der Waals surface area contributed by atoms with E-state index >= 15 is 0 Å². The summed E-state index contributed by atoms with van der Waals surface area (Å²) < 4.78 is 0. The molecule has 0 aromatic heterocycles. The number of hydrogen-bond donors (Lipinski definition) is 3. The molecule has 2 aromatic carbocycles. The second-order valence-electron chi connectivity index (χ2n) is 7.71. The van der Waals surface area contributed by atoms with Crippen molar-refractivity contribution in [2.45, 2.75) is 31.3 Å². The Morgan fingerprint density at radius 2 is 1.72 bits per heavy atom. The van der Waals surface area contributed by atoms with E-state index in [-0.39, 0.29) is 18.2 Å². The van der Waals surface area contributed by atoms with Gasteiger partial charge in [-0.3, -0.25) is 14.4 Å². The molecule has 3 N–H and O–H groups in total. The van der Waals surface area contributed by atoms with Crippen molar-refractivity contribution >= 4 is 30.1 Å². The third-order valence-electron chi connectivity index (χ3n) is 5.34. The van der Waals surface area contributed by atoms with Gasteiger partial charge in [0.15, 0.2) is 0 Å². The highest BCUT2D eigenvalue weighted by atomic mass is 16.2. The van der Waals surface area contributed by atoms with Crippen molar-refractivity contribution in [2.24, 2.45) is 5.92 Å². The lowest BCUT2D eigenvalue weighted by Crippen LogP contribution is -2.47. The lowest BCUT2D eigenvalue weighted by molar-refractivity contribution is -0.130. The SMILES string of the molecule is O=C[C@H](C[C@@H]1CCCNC1=O)NC(=O)[C@@H](NC(=O)C=Cc1ccccc1)c1ccccc1. The number of amides is 3. The minimum absolute atomic E-state index is 0.101. The molecule has 3 rings (SSSR count). The first-order valence-electron chi connectivity index (χ1n) is 10.7. The molecular weight excluding hydrogens is 406 g/mol. The zero-order valence-corrected chi connectivity index (χ0v) is 17.7. The molecule has 0 radical (unpaired) electrons. The van der Waals surface area contributed by atoms with Gasteiger partial charge >= 0.3 is 0 Å². The summed E-state index contributed by atoms with van der Waals surface area (Å²) in [5.74, 6) is -1.37. The van der Waals surface area contributed by atoms with Gasteiger partial charge in [-0.25, -0.2) is 0 Å². The number of aldehydes is 1. The Hall–Kier alpha value is -3.74. The minimum Gasteiger partial charge on any atom is -0.356 e. The summed E-state index contributed by atoms with van der Waals surface area (Å²) in [4.78, 5) is 49.2. The monoisotopic (exact) mass is 433 g/mol. The molecule has 1 heterocycles. The number of carbonyl (C=O) groups excluding carboxylic acids is 4. The van der Waals surface area contributed by atoms with Crippen LogP contribution in [0.25, 0.3) is 6.08 Å². The van der Waals surface area contributed by atoms with Gasteiger partial charge in [0.25, 0.3) is 0 Å². The quantitative estimate of drug-likeness (QED) is 0.416. The molecule has 166 valence electrons. The van der Waals surface area contributed by atoms with Crippen molar-refractivity contribution in [2.75, 3.05) is 6.54 Å². The molecular formula is C25H27N3O4. The fourth-order valence-electron chi connectivity index (χ4n) is 3.65. The molecule has 7 nitrogen and oxygen atoms in total. The summed E-state index contributed by atoms with van der Waals surface area (Å²) in [6, 6.07) is 16.4. The van der Waals surface area contributed by atoms with Crippen molar-refractivity contribution in [1.82, 2.24) is 16.0 Å². The first-order valence-corrected chi connectivity index (χ1v) is 10.7. The number of rotatable bonds is 9. The molecule has 0 saturated carbocycles. The van der Waals surface area contributed by atoms with Crippen LogP contribution in [-0.2, 0) is 19.2 Å². The van der Waals surface area contributed by atoms with Gasteiger partial charge in [0.05, 0.1) is 6.04 Å². The summed E-state index contributed by atoms with van der Waals surface area (Å²) >= 11 is 0. The van der Waals surface area contributed by atoms with Gasteiger partial charge in [0.2, 0.25) is 17.7 Å². The molecule has 2 aromatic rings. The van der Waals surface area contributed by atoms with E-state index in [1.165, 1.54) is 6.08 Å². The van der Waals surface area contributed by atoms with Crippen molar-refractivity contribution in [3.63, 3.8) is 0 Å². The molecule has 1 saturated heterocycles. The van der Waals surface area contributed by atoms with Gasteiger partial charge in [0.1, 0.15) is 12.3 Å². The maximum Gasteiger partial charge on any atom is 0.247 e. The first kappa shape index (κ1) is 22.9. The molecule has 0 aliphatic carbocycles. The lowest BCUT2D eigenvalue weighted by Gasteiger charge is -2.26. The van der Waals surface area contributed by atoms with E-state index in [1.54, 1.807) is 30.3 Å². The molecule has 0 bridgehead atoms. The maximum absolute atomic E-state index is 13.0. The topological polar surface area (TPSA) is 104 Å². The fourth-order valence-corrected chi connectivity index (χ4v) is 3.65. The highest BCUT2D eigenvalue weighted by Gasteiger charge is 2.29. The molecule has 0 spiro atoms. The van der Waals surface area contributed by atoms with Crippen LogP contribution >= 0.6 is 0 Å². The Morgan fingerprint density at radius 1 is 1.03 bits per heavy atom. The molecule has 3 amide bonds. The van der Waals surface area contributed by atoms with E-state index in [4.69, 9.17) is 0 Å². The third-order valence-corrected chi connectivity index (χ3v) is 5.34. The number of hydrogen-bond acceptors (Lipinski definition) is 4. The van der Waals surface area contributed by atoms with Crippen LogP contribution in [0.5, 0.6) is 0 Å². The number of piperidine rings is 1. The molecule has 7 heteroatoms. The highest BCUT2D eigenvalue weighted by Crippen LogP contribution is 2.18. The Labute approximate surface area is 187 Å². The third kappa shape index (κ3) is 6.63. The van der Waals surface area contributed by atoms with Crippen LogP contribution in [0.15, 0.2) is 66.7 Å². The van der Waals surface area contributed by atoms with Crippen molar-refractivity contribution in [3.05, 3.63) is 77.9 Å². The Morgan fingerprint density at radius 3 is 2.38 bits per heavy atom. The predicted molar refractivity (Wildman–Crippen MR) is 121 cm³/mol. The van der Waals surface area contributed by atoms with E-state index in [2.05, 4.69) is 16.0 Å². The van der Waals surface area contributed by atoms with E-state index in [1.807, 2.05) is 36.4 Å². The molecule has 0 unspecified atom stereocenters. The summed E-state index contributed by atoms with van der Waals surface area (Å²) in [7, 11) is 0. The predicted octanol–water partition coefficient (Wildman–Crippen LogP) is 2.16. The number of benzene rings is 2. The summed E-state index contributed by atoms with van der Waals surface area (Å²) in [6.07, 6.45) is 5.40. The zero-order chi connectivity index (χ0) is 22.8. The number of carbonyl (C=O) groups is 4. The van der Waals surface area contributed by atoms with Gasteiger partial charge in [-0.2, -0.15) is 0 Å². The normalized spacial score (nSPS) is 17.8. The summed E-state index contributed by atoms with van der Waals surface area (Å²) in [5, 5.41) is 8.18.